The van der Waals surface area contributed by atoms with Gasteiger partial charge in [-0.25, -0.2) is 19.9 Å². The highest BCUT2D eigenvalue weighted by Crippen LogP contribution is 2.19. The van der Waals surface area contributed by atoms with Crippen LogP contribution in [0.1, 0.15) is 19.7 Å². The highest BCUT2D eigenvalue weighted by atomic mass is 15.3. The minimum atomic E-state index is 0.582. The van der Waals surface area contributed by atoms with E-state index < -0.39 is 0 Å². The van der Waals surface area contributed by atoms with Crippen molar-refractivity contribution in [1.82, 2.24) is 19.9 Å². The van der Waals surface area contributed by atoms with E-state index in [1.807, 2.05) is 19.1 Å². The average Bonchev–Trinajstić information content (AvgIpc) is 2.60. The van der Waals surface area contributed by atoms with Gasteiger partial charge in [0.15, 0.2) is 0 Å². The van der Waals surface area contributed by atoms with Gasteiger partial charge >= 0.3 is 0 Å². The van der Waals surface area contributed by atoms with Crippen molar-refractivity contribution < 1.29 is 0 Å². The summed E-state index contributed by atoms with van der Waals surface area (Å²) in [5.74, 6) is 4.07. The standard InChI is InChI=1S/C17H25N7/c1-13(2)12-20-15-11-16(22-14(3)21-15)23-7-9-24(10-8-23)17-18-5-4-6-19-17/h4-6,11,13H,7-10,12H2,1-3H3,(H,20,21,22). The lowest BCUT2D eigenvalue weighted by molar-refractivity contribution is 0.633. The van der Waals surface area contributed by atoms with Crippen LogP contribution >= 0.6 is 0 Å². The molecule has 1 aliphatic rings. The van der Waals surface area contributed by atoms with Crippen molar-refractivity contribution in [2.24, 2.45) is 5.92 Å². The fourth-order valence-corrected chi connectivity index (χ4v) is 2.70. The van der Waals surface area contributed by atoms with Crippen molar-refractivity contribution in [3.05, 3.63) is 30.4 Å². The highest BCUT2D eigenvalue weighted by molar-refractivity contribution is 5.50. The molecule has 0 aliphatic carbocycles. The molecule has 0 amide bonds. The largest absolute Gasteiger partial charge is 0.370 e. The summed E-state index contributed by atoms with van der Waals surface area (Å²) in [6.45, 7) is 10.8. The molecule has 24 heavy (non-hydrogen) atoms. The molecule has 0 atom stereocenters. The SMILES string of the molecule is Cc1nc(NCC(C)C)cc(N2CCN(c3ncccn3)CC2)n1. The van der Waals surface area contributed by atoms with E-state index in [4.69, 9.17) is 0 Å². The summed E-state index contributed by atoms with van der Waals surface area (Å²) in [5, 5.41) is 3.39. The van der Waals surface area contributed by atoms with Gasteiger partial charge in [0.2, 0.25) is 5.95 Å². The van der Waals surface area contributed by atoms with E-state index in [1.54, 1.807) is 12.4 Å². The Kier molecular flexibility index (Phi) is 5.08. The molecule has 128 valence electrons. The molecule has 0 saturated carbocycles. The molecule has 0 unspecified atom stereocenters. The fourth-order valence-electron chi connectivity index (χ4n) is 2.70. The highest BCUT2D eigenvalue weighted by Gasteiger charge is 2.20. The molecule has 2 aromatic heterocycles. The molecular weight excluding hydrogens is 302 g/mol. The van der Waals surface area contributed by atoms with Crippen LogP contribution in [0.5, 0.6) is 0 Å². The van der Waals surface area contributed by atoms with Crippen LogP contribution < -0.4 is 15.1 Å². The van der Waals surface area contributed by atoms with Crippen molar-refractivity contribution in [2.75, 3.05) is 47.8 Å². The summed E-state index contributed by atoms with van der Waals surface area (Å²) in [6, 6.07) is 3.89. The third kappa shape index (κ3) is 4.10. The Morgan fingerprint density at radius 3 is 2.38 bits per heavy atom. The van der Waals surface area contributed by atoms with E-state index in [-0.39, 0.29) is 0 Å². The van der Waals surface area contributed by atoms with Gasteiger partial charge in [0, 0.05) is 51.2 Å². The maximum atomic E-state index is 4.61. The molecule has 0 radical (unpaired) electrons. The number of nitrogens with zero attached hydrogens (tertiary/aromatic N) is 6. The van der Waals surface area contributed by atoms with Gasteiger partial charge in [-0.05, 0) is 18.9 Å². The van der Waals surface area contributed by atoms with Gasteiger partial charge in [-0.3, -0.25) is 0 Å². The monoisotopic (exact) mass is 327 g/mol. The second-order valence-corrected chi connectivity index (χ2v) is 6.46. The zero-order valence-electron chi connectivity index (χ0n) is 14.6. The molecule has 0 aromatic carbocycles. The van der Waals surface area contributed by atoms with Gasteiger partial charge in [-0.15, -0.1) is 0 Å². The first-order valence-electron chi connectivity index (χ1n) is 8.48. The van der Waals surface area contributed by atoms with Gasteiger partial charge in [0.05, 0.1) is 0 Å². The number of rotatable bonds is 5. The Morgan fingerprint density at radius 1 is 1.04 bits per heavy atom. The topological polar surface area (TPSA) is 70.1 Å². The van der Waals surface area contributed by atoms with Crippen molar-refractivity contribution in [3.63, 3.8) is 0 Å². The van der Waals surface area contributed by atoms with E-state index >= 15 is 0 Å². The number of hydrogen-bond acceptors (Lipinski definition) is 7. The number of aromatic nitrogens is 4. The van der Waals surface area contributed by atoms with Gasteiger partial charge in [-0.1, -0.05) is 13.8 Å². The lowest BCUT2D eigenvalue weighted by Gasteiger charge is -2.35. The van der Waals surface area contributed by atoms with Gasteiger partial charge < -0.3 is 15.1 Å². The number of anilines is 3. The van der Waals surface area contributed by atoms with Crippen LogP contribution in [0.15, 0.2) is 24.5 Å². The molecule has 3 rings (SSSR count). The first kappa shape index (κ1) is 16.4. The maximum Gasteiger partial charge on any atom is 0.225 e. The average molecular weight is 327 g/mol. The Balaban J connectivity index is 1.65. The van der Waals surface area contributed by atoms with Crippen molar-refractivity contribution in [1.29, 1.82) is 0 Å². The minimum absolute atomic E-state index is 0.582. The number of hydrogen-bond donors (Lipinski definition) is 1. The van der Waals surface area contributed by atoms with Crippen LogP contribution in [0, 0.1) is 12.8 Å². The molecule has 1 fully saturated rings. The van der Waals surface area contributed by atoms with Gasteiger partial charge in [-0.2, -0.15) is 0 Å². The van der Waals surface area contributed by atoms with E-state index in [0.29, 0.717) is 5.92 Å². The molecule has 7 heteroatoms. The predicted octanol–water partition coefficient (Wildman–Crippen LogP) is 1.97. The molecule has 2 aromatic rings. The maximum absolute atomic E-state index is 4.61. The van der Waals surface area contributed by atoms with Crippen LogP contribution in [0.4, 0.5) is 17.6 Å². The van der Waals surface area contributed by atoms with Crippen LogP contribution in [-0.2, 0) is 0 Å². The number of aryl methyl sites for hydroxylation is 1. The Bertz CT molecular complexity index is 651. The molecule has 7 nitrogen and oxygen atoms in total. The predicted molar refractivity (Wildman–Crippen MR) is 96.6 cm³/mol. The summed E-state index contributed by atoms with van der Waals surface area (Å²) in [6.07, 6.45) is 3.57. The summed E-state index contributed by atoms with van der Waals surface area (Å²) in [7, 11) is 0. The van der Waals surface area contributed by atoms with E-state index in [0.717, 1.165) is 56.1 Å². The molecule has 1 aliphatic heterocycles. The third-order valence-corrected chi connectivity index (χ3v) is 3.95. The van der Waals surface area contributed by atoms with Crippen LogP contribution in [0.25, 0.3) is 0 Å². The Hall–Kier alpha value is -2.44. The van der Waals surface area contributed by atoms with Crippen molar-refractivity contribution in [3.8, 4) is 0 Å². The van der Waals surface area contributed by atoms with Gasteiger partial charge in [0.1, 0.15) is 17.5 Å². The second-order valence-electron chi connectivity index (χ2n) is 6.46. The smallest absolute Gasteiger partial charge is 0.225 e. The van der Waals surface area contributed by atoms with Crippen molar-refractivity contribution in [2.45, 2.75) is 20.8 Å². The number of piperazine rings is 1. The lowest BCUT2D eigenvalue weighted by atomic mass is 10.2. The third-order valence-electron chi connectivity index (χ3n) is 3.95. The molecule has 1 saturated heterocycles. The summed E-state index contributed by atoms with van der Waals surface area (Å²) < 4.78 is 0. The summed E-state index contributed by atoms with van der Waals surface area (Å²) >= 11 is 0. The molecular formula is C17H25N7. The minimum Gasteiger partial charge on any atom is -0.370 e. The summed E-state index contributed by atoms with van der Waals surface area (Å²) in [4.78, 5) is 22.3. The zero-order valence-corrected chi connectivity index (χ0v) is 14.6. The molecule has 0 bridgehead atoms. The number of nitrogens with one attached hydrogen (secondary N) is 1. The first-order chi connectivity index (χ1) is 11.6. The normalized spacial score (nSPS) is 15.0. The van der Waals surface area contributed by atoms with E-state index in [1.165, 1.54) is 0 Å². The Morgan fingerprint density at radius 2 is 1.71 bits per heavy atom. The zero-order chi connectivity index (χ0) is 16.9. The van der Waals surface area contributed by atoms with Crippen LogP contribution in [0.3, 0.4) is 0 Å². The van der Waals surface area contributed by atoms with Crippen LogP contribution in [0.2, 0.25) is 0 Å². The first-order valence-corrected chi connectivity index (χ1v) is 8.48. The summed E-state index contributed by atoms with van der Waals surface area (Å²) in [5.41, 5.74) is 0. The molecule has 1 N–H and O–H groups in total. The van der Waals surface area contributed by atoms with E-state index in [9.17, 15) is 0 Å². The van der Waals surface area contributed by atoms with Crippen molar-refractivity contribution >= 4 is 17.6 Å². The quantitative estimate of drug-likeness (QED) is 0.900. The fraction of sp³-hybridized carbons (Fsp3) is 0.529. The van der Waals surface area contributed by atoms with Crippen LogP contribution in [-0.4, -0.2) is 52.7 Å². The molecule has 3 heterocycles. The van der Waals surface area contributed by atoms with E-state index in [2.05, 4.69) is 48.9 Å². The Labute approximate surface area is 143 Å². The molecule has 0 spiro atoms. The lowest BCUT2D eigenvalue weighted by Crippen LogP contribution is -2.47. The second kappa shape index (κ2) is 7.42. The van der Waals surface area contributed by atoms with Gasteiger partial charge in [0.25, 0.3) is 0 Å².